The largest absolute Gasteiger partial charge is 0.392 e. The highest BCUT2D eigenvalue weighted by Crippen LogP contribution is 2.77. The van der Waals surface area contributed by atoms with Crippen molar-refractivity contribution in [2.75, 3.05) is 7.11 Å². The summed E-state index contributed by atoms with van der Waals surface area (Å²) in [5.74, 6) is 0.780. The third-order valence-electron chi connectivity index (χ3n) is 8.41. The highest BCUT2D eigenvalue weighted by molar-refractivity contribution is 5.89. The molecule has 8 atom stereocenters. The fraction of sp³-hybridized carbons (Fsp3) is 0.850. The van der Waals surface area contributed by atoms with E-state index in [4.69, 9.17) is 4.74 Å². The summed E-state index contributed by atoms with van der Waals surface area (Å²) in [7, 11) is 1.76. The molecule has 2 unspecified atom stereocenters. The normalized spacial score (nSPS) is 56.5. The summed E-state index contributed by atoms with van der Waals surface area (Å²) < 4.78 is 18.9. The van der Waals surface area contributed by atoms with E-state index in [1.165, 1.54) is 6.08 Å². The number of rotatable bonds is 2. The Morgan fingerprint density at radius 1 is 1.29 bits per heavy atom. The highest BCUT2D eigenvalue weighted by Gasteiger charge is 2.75. The van der Waals surface area contributed by atoms with Gasteiger partial charge in [-0.1, -0.05) is 6.92 Å². The minimum absolute atomic E-state index is 0.0857. The molecule has 4 aliphatic rings. The Morgan fingerprint density at radius 2 is 2.00 bits per heavy atom. The number of hydrogen-bond donors (Lipinski definition) is 1. The second-order valence-corrected chi connectivity index (χ2v) is 9.09. The van der Waals surface area contributed by atoms with Crippen LogP contribution in [0, 0.1) is 34.0 Å². The summed E-state index contributed by atoms with van der Waals surface area (Å²) in [5.41, 5.74) is -1.11. The average molecular weight is 336 g/mol. The van der Waals surface area contributed by atoms with Crippen molar-refractivity contribution in [1.29, 1.82) is 0 Å². The molecule has 24 heavy (non-hydrogen) atoms. The van der Waals surface area contributed by atoms with Crippen molar-refractivity contribution in [2.45, 2.75) is 64.6 Å². The molecule has 0 heterocycles. The molecular formula is C20H29FO3. The number of halogens is 1. The van der Waals surface area contributed by atoms with Gasteiger partial charge in [-0.3, -0.25) is 4.79 Å². The second-order valence-electron chi connectivity index (χ2n) is 9.09. The minimum Gasteiger partial charge on any atom is -0.392 e. The molecule has 4 rings (SSSR count). The molecule has 0 aliphatic heterocycles. The van der Waals surface area contributed by atoms with E-state index in [9.17, 15) is 14.3 Å². The van der Waals surface area contributed by atoms with Gasteiger partial charge in [-0.25, -0.2) is 4.39 Å². The van der Waals surface area contributed by atoms with Crippen LogP contribution in [0.25, 0.3) is 0 Å². The first-order chi connectivity index (χ1) is 11.4. The number of aliphatic hydroxyl groups is 1. The lowest BCUT2D eigenvalue weighted by Gasteiger charge is -2.54. The molecule has 4 heteroatoms. The lowest BCUT2D eigenvalue weighted by molar-refractivity contribution is -0.156. The molecule has 134 valence electrons. The van der Waals surface area contributed by atoms with Crippen LogP contribution < -0.4 is 0 Å². The lowest BCUT2D eigenvalue weighted by Crippen LogP contribution is -2.56. The van der Waals surface area contributed by atoms with Crippen LogP contribution in [0.2, 0.25) is 0 Å². The summed E-state index contributed by atoms with van der Waals surface area (Å²) in [6.45, 7) is 3.85. The second kappa shape index (κ2) is 5.14. The van der Waals surface area contributed by atoms with Gasteiger partial charge in [0.05, 0.1) is 18.5 Å². The van der Waals surface area contributed by atoms with E-state index >= 15 is 0 Å². The van der Waals surface area contributed by atoms with E-state index in [1.807, 2.05) is 6.92 Å². The minimum atomic E-state index is -0.909. The number of ether oxygens (including phenoxy) is 1. The molecule has 4 saturated carbocycles. The number of carbonyl (C=O) groups excluding carboxylic acids is 1. The van der Waals surface area contributed by atoms with Crippen molar-refractivity contribution < 1.29 is 19.0 Å². The molecule has 4 fully saturated rings. The molecule has 0 aromatic carbocycles. The Hall–Kier alpha value is -0.740. The van der Waals surface area contributed by atoms with E-state index < -0.39 is 11.5 Å². The topological polar surface area (TPSA) is 46.5 Å². The number of allylic oxidation sites excluding steroid dienone is 1. The zero-order valence-corrected chi connectivity index (χ0v) is 14.9. The maximum atomic E-state index is 13.3. The van der Waals surface area contributed by atoms with E-state index in [-0.39, 0.29) is 34.6 Å². The van der Waals surface area contributed by atoms with Crippen LogP contribution in [0.5, 0.6) is 0 Å². The van der Waals surface area contributed by atoms with Crippen LogP contribution in [0.15, 0.2) is 12.4 Å². The average Bonchev–Trinajstić information content (AvgIpc) is 3.19. The third kappa shape index (κ3) is 1.82. The van der Waals surface area contributed by atoms with E-state index in [0.717, 1.165) is 32.1 Å². The quantitative estimate of drug-likeness (QED) is 0.837. The van der Waals surface area contributed by atoms with Gasteiger partial charge in [0, 0.05) is 23.9 Å². The monoisotopic (exact) mass is 336 g/mol. The molecule has 0 aromatic heterocycles. The van der Waals surface area contributed by atoms with Crippen LogP contribution >= 0.6 is 0 Å². The predicted molar refractivity (Wildman–Crippen MR) is 88.9 cm³/mol. The maximum absolute atomic E-state index is 13.3. The van der Waals surface area contributed by atoms with Gasteiger partial charge in [0.2, 0.25) is 0 Å². The van der Waals surface area contributed by atoms with Crippen LogP contribution in [-0.2, 0) is 9.53 Å². The van der Waals surface area contributed by atoms with E-state index in [0.29, 0.717) is 18.7 Å². The van der Waals surface area contributed by atoms with Gasteiger partial charge in [0.25, 0.3) is 0 Å². The first-order valence-electron chi connectivity index (χ1n) is 9.39. The molecule has 1 spiro atoms. The van der Waals surface area contributed by atoms with Gasteiger partial charge < -0.3 is 9.84 Å². The van der Waals surface area contributed by atoms with E-state index in [1.54, 1.807) is 14.0 Å². The summed E-state index contributed by atoms with van der Waals surface area (Å²) in [6.07, 6.45) is 6.91. The number of aliphatic hydroxyl groups excluding tert-OH is 1. The molecule has 0 amide bonds. The third-order valence-corrected chi connectivity index (χ3v) is 8.41. The molecule has 2 bridgehead atoms. The first kappa shape index (κ1) is 16.7. The Labute approximate surface area is 143 Å². The van der Waals surface area contributed by atoms with Crippen LogP contribution in [0.3, 0.4) is 0 Å². The molecule has 1 N–H and O–H groups in total. The van der Waals surface area contributed by atoms with Crippen LogP contribution in [0.4, 0.5) is 4.39 Å². The van der Waals surface area contributed by atoms with Gasteiger partial charge in [-0.15, -0.1) is 0 Å². The molecule has 0 saturated heterocycles. The van der Waals surface area contributed by atoms with Gasteiger partial charge >= 0.3 is 0 Å². The SMILES string of the molecule is CO[C@@H]1CCC23CC[C@H]4C[C@@]4(C12)[C@H](O)C[C@@](C)(/C=C\F)C(=O)[C@@H]3C. The summed E-state index contributed by atoms with van der Waals surface area (Å²) in [6, 6.07) is 0. The number of Topliss-reactive ketones (excluding diaryl/α,β-unsaturated/α-hetero) is 1. The Bertz CT molecular complexity index is 589. The number of hydrogen-bond acceptors (Lipinski definition) is 3. The Kier molecular flexibility index (Phi) is 3.58. The van der Waals surface area contributed by atoms with Crippen molar-refractivity contribution in [1.82, 2.24) is 0 Å². The fourth-order valence-electron chi connectivity index (χ4n) is 7.14. The predicted octanol–water partition coefficient (Wildman–Crippen LogP) is 3.66. The molecule has 3 nitrogen and oxygen atoms in total. The van der Waals surface area contributed by atoms with Crippen molar-refractivity contribution in [3.8, 4) is 0 Å². The fourth-order valence-corrected chi connectivity index (χ4v) is 7.14. The smallest absolute Gasteiger partial charge is 0.146 e. The molecule has 0 aromatic rings. The number of carbonyl (C=O) groups is 1. The van der Waals surface area contributed by atoms with Crippen molar-refractivity contribution >= 4 is 5.78 Å². The van der Waals surface area contributed by atoms with Crippen molar-refractivity contribution in [3.05, 3.63) is 12.4 Å². The number of methoxy groups -OCH3 is 1. The summed E-state index contributed by atoms with van der Waals surface area (Å²) >= 11 is 0. The Morgan fingerprint density at radius 3 is 2.67 bits per heavy atom. The van der Waals surface area contributed by atoms with Gasteiger partial charge in [-0.2, -0.15) is 0 Å². The molecular weight excluding hydrogens is 307 g/mol. The zero-order valence-electron chi connectivity index (χ0n) is 14.9. The van der Waals surface area contributed by atoms with Crippen LogP contribution in [-0.4, -0.2) is 30.2 Å². The standard InChI is InChI=1S/C20H29FO3/c1-12-17(23)18(2,8-9-21)11-15(22)20-10-13(20)4-6-19(12)7-5-14(24-3)16(19)20/h8-9,12-16,22H,4-7,10-11H2,1-3H3/b9-8-/t12-,13-,14+,15+,16?,18+,19?,20-/m0/s1. The summed E-state index contributed by atoms with van der Waals surface area (Å²) in [4.78, 5) is 13.3. The summed E-state index contributed by atoms with van der Waals surface area (Å²) in [5, 5.41) is 11.2. The van der Waals surface area contributed by atoms with Crippen molar-refractivity contribution in [2.24, 2.45) is 34.0 Å². The van der Waals surface area contributed by atoms with Gasteiger partial charge in [-0.05, 0) is 68.8 Å². The Balaban J connectivity index is 1.86. The van der Waals surface area contributed by atoms with Crippen molar-refractivity contribution in [3.63, 3.8) is 0 Å². The molecule has 0 radical (unpaired) electrons. The van der Waals surface area contributed by atoms with Gasteiger partial charge in [0.15, 0.2) is 0 Å². The first-order valence-corrected chi connectivity index (χ1v) is 9.39. The maximum Gasteiger partial charge on any atom is 0.146 e. The number of ketones is 1. The lowest BCUT2D eigenvalue weighted by atomic mass is 9.50. The highest BCUT2D eigenvalue weighted by atomic mass is 19.1. The zero-order chi connectivity index (χ0) is 17.3. The van der Waals surface area contributed by atoms with Gasteiger partial charge in [0.1, 0.15) is 5.78 Å². The van der Waals surface area contributed by atoms with Crippen LogP contribution in [0.1, 0.15) is 52.4 Å². The van der Waals surface area contributed by atoms with E-state index in [2.05, 4.69) is 0 Å². The molecule has 4 aliphatic carbocycles.